The predicted octanol–water partition coefficient (Wildman–Crippen LogP) is 3.04. The van der Waals surface area contributed by atoms with E-state index in [1.165, 1.54) is 24.1 Å². The minimum absolute atomic E-state index is 0.0680. The van der Waals surface area contributed by atoms with Crippen molar-refractivity contribution in [2.75, 3.05) is 35.8 Å². The molecule has 3 aromatic rings. The maximum absolute atomic E-state index is 12.4. The molecule has 4 rings (SSSR count). The van der Waals surface area contributed by atoms with Gasteiger partial charge < -0.3 is 25.0 Å². The smallest absolute Gasteiger partial charge is 0.335 e. The van der Waals surface area contributed by atoms with Gasteiger partial charge in [-0.15, -0.1) is 0 Å². The van der Waals surface area contributed by atoms with Gasteiger partial charge in [-0.1, -0.05) is 18.2 Å². The van der Waals surface area contributed by atoms with Gasteiger partial charge in [0.15, 0.2) is 5.82 Å². The first-order valence-electron chi connectivity index (χ1n) is 9.12. The normalized spacial score (nSPS) is 13.1. The monoisotopic (exact) mass is 405 g/mol. The van der Waals surface area contributed by atoms with Crippen LogP contribution in [0.15, 0.2) is 54.7 Å². The third kappa shape index (κ3) is 3.48. The SMILES string of the molecule is COc1cc(C(=O)O)ccc1Nc1ncc2c(n1)N(c1ccccc1)CC(=O)N2C. The van der Waals surface area contributed by atoms with E-state index < -0.39 is 5.97 Å². The van der Waals surface area contributed by atoms with Crippen molar-refractivity contribution in [1.82, 2.24) is 9.97 Å². The Bertz CT molecular complexity index is 1120. The lowest BCUT2D eigenvalue weighted by molar-refractivity contribution is -0.117. The number of aromatic carboxylic acids is 1. The summed E-state index contributed by atoms with van der Waals surface area (Å²) in [7, 11) is 3.14. The van der Waals surface area contributed by atoms with Crippen LogP contribution in [-0.4, -0.2) is 47.7 Å². The van der Waals surface area contributed by atoms with Crippen molar-refractivity contribution in [3.63, 3.8) is 0 Å². The van der Waals surface area contributed by atoms with Gasteiger partial charge in [-0.25, -0.2) is 9.78 Å². The number of hydrogen-bond donors (Lipinski definition) is 2. The first-order valence-corrected chi connectivity index (χ1v) is 9.12. The van der Waals surface area contributed by atoms with Crippen molar-refractivity contribution >= 4 is 40.7 Å². The lowest BCUT2D eigenvalue weighted by Gasteiger charge is -2.34. The number of aromatic nitrogens is 2. The molecule has 1 amide bonds. The molecule has 0 radical (unpaired) electrons. The largest absolute Gasteiger partial charge is 0.495 e. The van der Waals surface area contributed by atoms with Crippen LogP contribution in [0.25, 0.3) is 0 Å². The van der Waals surface area contributed by atoms with Crippen molar-refractivity contribution in [3.8, 4) is 5.75 Å². The van der Waals surface area contributed by atoms with Crippen LogP contribution in [0.4, 0.5) is 28.8 Å². The minimum Gasteiger partial charge on any atom is -0.495 e. The van der Waals surface area contributed by atoms with Gasteiger partial charge in [0.2, 0.25) is 11.9 Å². The van der Waals surface area contributed by atoms with Gasteiger partial charge in [-0.3, -0.25) is 4.79 Å². The second-order valence-corrected chi connectivity index (χ2v) is 6.62. The number of hydrogen-bond acceptors (Lipinski definition) is 7. The lowest BCUT2D eigenvalue weighted by Crippen LogP contribution is -2.42. The number of methoxy groups -OCH3 is 1. The molecule has 0 saturated heterocycles. The van der Waals surface area contributed by atoms with Gasteiger partial charge in [-0.05, 0) is 30.3 Å². The molecule has 30 heavy (non-hydrogen) atoms. The Morgan fingerprint density at radius 2 is 1.97 bits per heavy atom. The minimum atomic E-state index is -1.05. The fourth-order valence-electron chi connectivity index (χ4n) is 3.18. The summed E-state index contributed by atoms with van der Waals surface area (Å²) >= 11 is 0. The van der Waals surface area contributed by atoms with Crippen molar-refractivity contribution in [3.05, 3.63) is 60.3 Å². The van der Waals surface area contributed by atoms with Crippen molar-refractivity contribution in [1.29, 1.82) is 0 Å². The number of carboxylic acids is 1. The molecule has 0 bridgehead atoms. The highest BCUT2D eigenvalue weighted by Gasteiger charge is 2.30. The number of para-hydroxylation sites is 1. The molecule has 1 aromatic heterocycles. The number of ether oxygens (including phenoxy) is 1. The van der Waals surface area contributed by atoms with Crippen LogP contribution < -0.4 is 19.9 Å². The highest BCUT2D eigenvalue weighted by Crippen LogP contribution is 2.37. The Balaban J connectivity index is 1.73. The summed E-state index contributed by atoms with van der Waals surface area (Å²) in [6, 6.07) is 14.0. The fraction of sp³-hybridized carbons (Fsp3) is 0.143. The van der Waals surface area contributed by atoms with E-state index in [1.807, 2.05) is 35.2 Å². The van der Waals surface area contributed by atoms with E-state index in [9.17, 15) is 9.59 Å². The Morgan fingerprint density at radius 3 is 2.67 bits per heavy atom. The van der Waals surface area contributed by atoms with Crippen LogP contribution in [0.1, 0.15) is 10.4 Å². The summed E-state index contributed by atoms with van der Waals surface area (Å²) in [5, 5.41) is 12.2. The zero-order chi connectivity index (χ0) is 21.3. The van der Waals surface area contributed by atoms with Crippen LogP contribution >= 0.6 is 0 Å². The number of anilines is 5. The van der Waals surface area contributed by atoms with E-state index in [4.69, 9.17) is 9.84 Å². The topological polar surface area (TPSA) is 108 Å². The van der Waals surface area contributed by atoms with Gasteiger partial charge in [0, 0.05) is 12.7 Å². The number of nitrogens with zero attached hydrogens (tertiary/aromatic N) is 4. The molecule has 9 heteroatoms. The van der Waals surface area contributed by atoms with Gasteiger partial charge in [0.05, 0.1) is 24.6 Å². The zero-order valence-corrected chi connectivity index (χ0v) is 16.4. The third-order valence-electron chi connectivity index (χ3n) is 4.80. The molecular weight excluding hydrogens is 386 g/mol. The number of likely N-dealkylation sites (N-methyl/N-ethyl adjacent to an activating group) is 1. The van der Waals surface area contributed by atoms with E-state index in [0.29, 0.717) is 28.9 Å². The van der Waals surface area contributed by atoms with E-state index in [1.54, 1.807) is 19.3 Å². The first kappa shape index (κ1) is 19.2. The molecular formula is C21H19N5O4. The maximum atomic E-state index is 12.4. The third-order valence-corrected chi connectivity index (χ3v) is 4.80. The van der Waals surface area contributed by atoms with Gasteiger partial charge in [0.25, 0.3) is 0 Å². The molecule has 0 saturated carbocycles. The second kappa shape index (κ2) is 7.70. The van der Waals surface area contributed by atoms with E-state index in [-0.39, 0.29) is 18.0 Å². The van der Waals surface area contributed by atoms with Crippen molar-refractivity contribution in [2.24, 2.45) is 0 Å². The van der Waals surface area contributed by atoms with Crippen molar-refractivity contribution in [2.45, 2.75) is 0 Å². The average Bonchev–Trinajstić information content (AvgIpc) is 2.77. The summed E-state index contributed by atoms with van der Waals surface area (Å²) in [5.41, 5.74) is 2.06. The zero-order valence-electron chi connectivity index (χ0n) is 16.4. The number of carbonyl (C=O) groups is 2. The maximum Gasteiger partial charge on any atom is 0.335 e. The number of benzene rings is 2. The highest BCUT2D eigenvalue weighted by molar-refractivity contribution is 6.03. The molecule has 0 fully saturated rings. The van der Waals surface area contributed by atoms with Crippen molar-refractivity contribution < 1.29 is 19.4 Å². The molecule has 2 N–H and O–H groups in total. The quantitative estimate of drug-likeness (QED) is 0.667. The number of carbonyl (C=O) groups excluding carboxylic acids is 1. The Hall–Kier alpha value is -4.14. The second-order valence-electron chi connectivity index (χ2n) is 6.62. The number of carboxylic acid groups (broad SMARTS) is 1. The lowest BCUT2D eigenvalue weighted by atomic mass is 10.2. The number of fused-ring (bicyclic) bond motifs is 1. The number of rotatable bonds is 5. The van der Waals surface area contributed by atoms with Gasteiger partial charge in [0.1, 0.15) is 18.0 Å². The average molecular weight is 405 g/mol. The molecule has 0 unspecified atom stereocenters. The first-order chi connectivity index (χ1) is 14.5. The standard InChI is InChI=1S/C21H19N5O4/c1-25-16-11-22-21(23-15-9-8-13(20(28)29)10-17(15)30-2)24-19(16)26(12-18(25)27)14-6-4-3-5-7-14/h3-11H,12H2,1-2H3,(H,28,29)(H,22,23,24). The van der Waals surface area contributed by atoms with E-state index in [0.717, 1.165) is 5.69 Å². The molecule has 9 nitrogen and oxygen atoms in total. The Morgan fingerprint density at radius 1 is 1.20 bits per heavy atom. The summed E-state index contributed by atoms with van der Waals surface area (Å²) in [5.74, 6) is 0.113. The molecule has 2 aromatic carbocycles. The summed E-state index contributed by atoms with van der Waals surface area (Å²) < 4.78 is 5.30. The molecule has 2 heterocycles. The van der Waals surface area contributed by atoms with E-state index >= 15 is 0 Å². The Kier molecular flexibility index (Phi) is 4.93. The van der Waals surface area contributed by atoms with Crippen LogP contribution in [0.5, 0.6) is 5.75 Å². The van der Waals surface area contributed by atoms with Crippen LogP contribution in [-0.2, 0) is 4.79 Å². The molecule has 0 spiro atoms. The molecule has 1 aliphatic heterocycles. The highest BCUT2D eigenvalue weighted by atomic mass is 16.5. The van der Waals surface area contributed by atoms with Gasteiger partial charge >= 0.3 is 5.97 Å². The van der Waals surface area contributed by atoms with Crippen LogP contribution in [0, 0.1) is 0 Å². The molecule has 1 aliphatic rings. The molecule has 0 atom stereocenters. The molecule has 0 aliphatic carbocycles. The molecule has 152 valence electrons. The van der Waals surface area contributed by atoms with E-state index in [2.05, 4.69) is 15.3 Å². The van der Waals surface area contributed by atoms with Crippen LogP contribution in [0.2, 0.25) is 0 Å². The summed E-state index contributed by atoms with van der Waals surface area (Å²) in [6.07, 6.45) is 1.58. The predicted molar refractivity (Wildman–Crippen MR) is 112 cm³/mol. The summed E-state index contributed by atoms with van der Waals surface area (Å²) in [6.45, 7) is 0.153. The number of amides is 1. The fourth-order valence-corrected chi connectivity index (χ4v) is 3.18. The van der Waals surface area contributed by atoms with Crippen LogP contribution in [0.3, 0.4) is 0 Å². The van der Waals surface area contributed by atoms with Gasteiger partial charge in [-0.2, -0.15) is 4.98 Å². The Labute approximate surface area is 172 Å². The number of nitrogens with one attached hydrogen (secondary N) is 1. The summed E-state index contributed by atoms with van der Waals surface area (Å²) in [4.78, 5) is 35.9.